The van der Waals surface area contributed by atoms with Gasteiger partial charge in [-0.2, -0.15) is 0 Å². The van der Waals surface area contributed by atoms with Crippen LogP contribution in [0.25, 0.3) is 0 Å². The third-order valence-corrected chi connectivity index (χ3v) is 8.55. The van der Waals surface area contributed by atoms with E-state index in [-0.39, 0.29) is 11.2 Å². The molecule has 0 aliphatic carbocycles. The van der Waals surface area contributed by atoms with Crippen molar-refractivity contribution in [3.05, 3.63) is 35.4 Å². The van der Waals surface area contributed by atoms with Gasteiger partial charge in [0.05, 0.1) is 0 Å². The van der Waals surface area contributed by atoms with Crippen molar-refractivity contribution >= 4 is 28.3 Å². The van der Waals surface area contributed by atoms with Crippen molar-refractivity contribution in [1.82, 2.24) is 0 Å². The number of ketones is 1. The van der Waals surface area contributed by atoms with Crippen molar-refractivity contribution in [3.63, 3.8) is 0 Å². The average Bonchev–Trinajstić information content (AvgIpc) is 2.47. The number of carbonyl (C=O) groups excluding carboxylic acids is 1. The highest BCUT2D eigenvalue weighted by atomic mass is 32.2. The van der Waals surface area contributed by atoms with E-state index in [2.05, 4.69) is 32.9 Å². The second-order valence-corrected chi connectivity index (χ2v) is 10.4. The largest absolute Gasteiger partial charge is 0.297 e. The van der Waals surface area contributed by atoms with Crippen LogP contribution in [0.3, 0.4) is 0 Å². The summed E-state index contributed by atoms with van der Waals surface area (Å²) in [6.45, 7) is 8.53. The zero-order chi connectivity index (χ0) is 16.4. The molecular weight excluding hydrogens is 312 g/mol. The van der Waals surface area contributed by atoms with Gasteiger partial charge in [0.15, 0.2) is 5.78 Å². The predicted molar refractivity (Wildman–Crippen MR) is 97.0 cm³/mol. The maximum atomic E-state index is 12.8. The molecule has 0 bridgehead atoms. The SMILES string of the molecule is CC[C@@]1(C(=O)Cc2ccc(C(C)(C)C)cc2)SCCCS1=O. The summed E-state index contributed by atoms with van der Waals surface area (Å²) in [6.07, 6.45) is 1.99. The van der Waals surface area contributed by atoms with Crippen LogP contribution in [0.4, 0.5) is 0 Å². The molecule has 0 radical (unpaired) electrons. The number of hydrogen-bond donors (Lipinski definition) is 0. The molecule has 2 nitrogen and oxygen atoms in total. The van der Waals surface area contributed by atoms with Gasteiger partial charge in [-0.25, -0.2) is 0 Å². The molecule has 0 aromatic heterocycles. The summed E-state index contributed by atoms with van der Waals surface area (Å²) in [5, 5.41) is 0. The monoisotopic (exact) mass is 338 g/mol. The maximum absolute atomic E-state index is 12.8. The minimum Gasteiger partial charge on any atom is -0.297 e. The first-order valence-corrected chi connectivity index (χ1v) is 10.3. The zero-order valence-electron chi connectivity index (χ0n) is 14.0. The van der Waals surface area contributed by atoms with Gasteiger partial charge in [-0.1, -0.05) is 52.0 Å². The molecule has 122 valence electrons. The van der Waals surface area contributed by atoms with Crippen LogP contribution in [0, 0.1) is 0 Å². The molecule has 1 aromatic rings. The molecule has 22 heavy (non-hydrogen) atoms. The molecule has 2 rings (SSSR count). The topological polar surface area (TPSA) is 34.1 Å². The molecule has 4 heteroatoms. The van der Waals surface area contributed by atoms with Gasteiger partial charge in [0, 0.05) is 23.0 Å². The molecule has 1 aliphatic heterocycles. The fraction of sp³-hybridized carbons (Fsp3) is 0.611. The van der Waals surface area contributed by atoms with Gasteiger partial charge in [-0.3, -0.25) is 9.00 Å². The molecule has 1 saturated heterocycles. The van der Waals surface area contributed by atoms with Crippen LogP contribution in [0.1, 0.15) is 51.7 Å². The first kappa shape index (κ1) is 17.7. The molecule has 1 fully saturated rings. The molecule has 2 atom stereocenters. The number of benzene rings is 1. The minimum atomic E-state index is -1.05. The third kappa shape index (κ3) is 3.65. The van der Waals surface area contributed by atoms with E-state index < -0.39 is 14.9 Å². The lowest BCUT2D eigenvalue weighted by Gasteiger charge is -2.33. The van der Waals surface area contributed by atoms with Crippen LogP contribution >= 0.6 is 11.8 Å². The Morgan fingerprint density at radius 2 is 1.91 bits per heavy atom. The van der Waals surface area contributed by atoms with Crippen LogP contribution in [-0.4, -0.2) is 25.6 Å². The van der Waals surface area contributed by atoms with Crippen molar-refractivity contribution in [3.8, 4) is 0 Å². The van der Waals surface area contributed by atoms with Gasteiger partial charge in [0.2, 0.25) is 0 Å². The second-order valence-electron chi connectivity index (χ2n) is 6.91. The van der Waals surface area contributed by atoms with E-state index in [1.807, 2.05) is 19.1 Å². The van der Waals surface area contributed by atoms with Gasteiger partial charge in [-0.15, -0.1) is 11.8 Å². The Hall–Kier alpha value is -0.610. The molecule has 1 aliphatic rings. The summed E-state index contributed by atoms with van der Waals surface area (Å²) < 4.78 is 11.8. The van der Waals surface area contributed by atoms with Crippen molar-refractivity contribution in [1.29, 1.82) is 0 Å². The van der Waals surface area contributed by atoms with E-state index in [9.17, 15) is 9.00 Å². The Labute approximate surface area is 140 Å². The molecule has 0 spiro atoms. The summed E-state index contributed by atoms with van der Waals surface area (Å²) >= 11 is 1.60. The van der Waals surface area contributed by atoms with Crippen molar-refractivity contribution < 1.29 is 9.00 Å². The molecular formula is C18H26O2S2. The van der Waals surface area contributed by atoms with Crippen LogP contribution in [-0.2, 0) is 27.4 Å². The van der Waals surface area contributed by atoms with Crippen molar-refractivity contribution in [2.45, 2.75) is 56.5 Å². The van der Waals surface area contributed by atoms with Gasteiger partial charge >= 0.3 is 0 Å². The Bertz CT molecular complexity index is 557. The van der Waals surface area contributed by atoms with Gasteiger partial charge in [-0.05, 0) is 35.1 Å². The van der Waals surface area contributed by atoms with E-state index in [1.165, 1.54) is 5.56 Å². The lowest BCUT2D eigenvalue weighted by Crippen LogP contribution is -2.44. The number of rotatable bonds is 4. The van der Waals surface area contributed by atoms with Crippen LogP contribution in [0.15, 0.2) is 24.3 Å². The van der Waals surface area contributed by atoms with Crippen molar-refractivity contribution in [2.75, 3.05) is 11.5 Å². The zero-order valence-corrected chi connectivity index (χ0v) is 15.6. The molecule has 1 aromatic carbocycles. The third-order valence-electron chi connectivity index (χ3n) is 4.25. The van der Waals surface area contributed by atoms with E-state index in [1.54, 1.807) is 11.8 Å². The highest BCUT2D eigenvalue weighted by molar-refractivity contribution is 8.14. The summed E-state index contributed by atoms with van der Waals surface area (Å²) in [6, 6.07) is 8.29. The minimum absolute atomic E-state index is 0.119. The molecule has 1 heterocycles. The summed E-state index contributed by atoms with van der Waals surface area (Å²) in [7, 11) is -1.05. The Balaban J connectivity index is 2.15. The van der Waals surface area contributed by atoms with Crippen LogP contribution < -0.4 is 0 Å². The first-order valence-electron chi connectivity index (χ1n) is 7.95. The number of Topliss-reactive ketones (excluding diaryl/α,β-unsaturated/α-hetero) is 1. The van der Waals surface area contributed by atoms with E-state index in [0.29, 0.717) is 18.6 Å². The normalized spacial score (nSPS) is 25.9. The number of thioether (sulfide) groups is 1. The first-order chi connectivity index (χ1) is 10.3. The Morgan fingerprint density at radius 1 is 1.27 bits per heavy atom. The van der Waals surface area contributed by atoms with Gasteiger partial charge in [0.1, 0.15) is 4.08 Å². The van der Waals surface area contributed by atoms with Gasteiger partial charge in [0.25, 0.3) is 0 Å². The molecule has 0 amide bonds. The Kier molecular flexibility index (Phi) is 5.54. The fourth-order valence-corrected chi connectivity index (χ4v) is 6.42. The molecule has 1 unspecified atom stereocenters. The fourth-order valence-electron chi connectivity index (χ4n) is 2.77. The van der Waals surface area contributed by atoms with Crippen LogP contribution in [0.5, 0.6) is 0 Å². The summed E-state index contributed by atoms with van der Waals surface area (Å²) in [4.78, 5) is 12.8. The molecule has 0 saturated carbocycles. The lowest BCUT2D eigenvalue weighted by atomic mass is 9.86. The maximum Gasteiger partial charge on any atom is 0.165 e. The van der Waals surface area contributed by atoms with E-state index >= 15 is 0 Å². The highest BCUT2D eigenvalue weighted by Crippen LogP contribution is 2.39. The van der Waals surface area contributed by atoms with E-state index in [0.717, 1.165) is 17.7 Å². The highest BCUT2D eigenvalue weighted by Gasteiger charge is 2.44. The quantitative estimate of drug-likeness (QED) is 0.829. The number of carbonyl (C=O) groups is 1. The Morgan fingerprint density at radius 3 is 2.41 bits per heavy atom. The summed E-state index contributed by atoms with van der Waals surface area (Å²) in [5.74, 6) is 1.73. The van der Waals surface area contributed by atoms with Crippen molar-refractivity contribution in [2.24, 2.45) is 0 Å². The smallest absolute Gasteiger partial charge is 0.165 e. The predicted octanol–water partition coefficient (Wildman–Crippen LogP) is 4.09. The standard InChI is InChI=1S/C18H26O2S2/c1-5-18(21-11-6-12-22(18)20)16(19)13-14-7-9-15(10-8-14)17(2,3)4/h7-10H,5-6,11-13H2,1-4H3/t18-,22?/m1/s1. The lowest BCUT2D eigenvalue weighted by molar-refractivity contribution is -0.118. The van der Waals surface area contributed by atoms with E-state index in [4.69, 9.17) is 0 Å². The van der Waals surface area contributed by atoms with Crippen LogP contribution in [0.2, 0.25) is 0 Å². The number of hydrogen-bond acceptors (Lipinski definition) is 3. The second kappa shape index (κ2) is 6.88. The molecule has 0 N–H and O–H groups in total. The summed E-state index contributed by atoms with van der Waals surface area (Å²) in [5.41, 5.74) is 2.41. The average molecular weight is 339 g/mol. The van der Waals surface area contributed by atoms with Gasteiger partial charge < -0.3 is 0 Å².